The van der Waals surface area contributed by atoms with Gasteiger partial charge < -0.3 is 10.2 Å². The molecular weight excluding hydrogens is 274 g/mol. The van der Waals surface area contributed by atoms with E-state index in [2.05, 4.69) is 38.7 Å². The summed E-state index contributed by atoms with van der Waals surface area (Å²) in [6.45, 7) is 8.79. The van der Waals surface area contributed by atoms with Gasteiger partial charge in [0.15, 0.2) is 0 Å². The quantitative estimate of drug-likeness (QED) is 0.574. The maximum Gasteiger partial charge on any atom is 0.242 e. The number of halogens is 1. The van der Waals surface area contributed by atoms with Crippen LogP contribution in [0.2, 0.25) is 19.6 Å². The molecule has 1 aromatic rings. The number of hydrogen-bond acceptors (Lipinski definition) is 2. The topological polar surface area (TPSA) is 35.2 Å². The molecule has 0 aromatic heterocycles. The summed E-state index contributed by atoms with van der Waals surface area (Å²) in [5, 5.41) is 0. The fraction of sp³-hybridized carbons (Fsp3) is 0.600. The Labute approximate surface area is 125 Å². The molecule has 0 radical (unpaired) electrons. The first-order valence-electron chi connectivity index (χ1n) is 6.97. The molecule has 1 aromatic carbocycles. The summed E-state index contributed by atoms with van der Waals surface area (Å²) in [5.41, 5.74) is 7.40. The van der Waals surface area contributed by atoms with Crippen molar-refractivity contribution >= 4 is 20.7 Å². The van der Waals surface area contributed by atoms with Crippen LogP contribution in [0, 0.1) is 0 Å². The highest BCUT2D eigenvalue weighted by Gasteiger charge is 2.16. The third kappa shape index (κ3) is 7.60. The summed E-state index contributed by atoms with van der Waals surface area (Å²) >= 11 is 0. The number of rotatable bonds is 7. The average molecular weight is 302 g/mol. The van der Waals surface area contributed by atoms with E-state index in [9.17, 15) is 0 Å². The molecule has 0 aliphatic rings. The standard InChI is InChI=1S/C15H27NOSi.ClH/c1-5-6-7-8-15(16)13-9-11-14(12-10-13)17-18(2,3)4;/h9-12,15H,5-8,16H2,1-4H3;1H/t15-;/m0./s1. The molecule has 0 amide bonds. The molecule has 0 aliphatic heterocycles. The third-order valence-electron chi connectivity index (χ3n) is 2.85. The lowest BCUT2D eigenvalue weighted by Gasteiger charge is -2.20. The lowest BCUT2D eigenvalue weighted by Crippen LogP contribution is -2.29. The molecule has 0 unspecified atom stereocenters. The third-order valence-corrected chi connectivity index (χ3v) is 3.70. The molecule has 0 fully saturated rings. The first-order chi connectivity index (χ1) is 8.42. The van der Waals surface area contributed by atoms with Crippen molar-refractivity contribution in [2.24, 2.45) is 5.73 Å². The van der Waals surface area contributed by atoms with Crippen LogP contribution in [0.5, 0.6) is 5.75 Å². The average Bonchev–Trinajstić information content (AvgIpc) is 2.28. The van der Waals surface area contributed by atoms with Crippen molar-refractivity contribution in [2.45, 2.75) is 58.3 Å². The van der Waals surface area contributed by atoms with Gasteiger partial charge in [0.05, 0.1) is 0 Å². The van der Waals surface area contributed by atoms with Crippen LogP contribution in [-0.2, 0) is 0 Å². The van der Waals surface area contributed by atoms with Crippen LogP contribution in [0.25, 0.3) is 0 Å². The lowest BCUT2D eigenvalue weighted by atomic mass is 10.0. The number of unbranched alkanes of at least 4 members (excludes halogenated alkanes) is 2. The first-order valence-corrected chi connectivity index (χ1v) is 10.4. The summed E-state index contributed by atoms with van der Waals surface area (Å²) in [7, 11) is -1.50. The van der Waals surface area contributed by atoms with Gasteiger partial charge in [-0.2, -0.15) is 0 Å². The van der Waals surface area contributed by atoms with Gasteiger partial charge in [0, 0.05) is 6.04 Å². The van der Waals surface area contributed by atoms with E-state index in [-0.39, 0.29) is 18.4 Å². The largest absolute Gasteiger partial charge is 0.544 e. The van der Waals surface area contributed by atoms with E-state index in [0.717, 1.165) is 12.2 Å². The molecule has 2 N–H and O–H groups in total. The van der Waals surface area contributed by atoms with Crippen molar-refractivity contribution in [3.05, 3.63) is 29.8 Å². The van der Waals surface area contributed by atoms with Crippen LogP contribution in [0.4, 0.5) is 0 Å². The smallest absolute Gasteiger partial charge is 0.242 e. The molecule has 110 valence electrons. The summed E-state index contributed by atoms with van der Waals surface area (Å²) < 4.78 is 5.93. The molecule has 1 rings (SSSR count). The van der Waals surface area contributed by atoms with Gasteiger partial charge in [0.1, 0.15) is 5.75 Å². The Balaban J connectivity index is 0.00000324. The van der Waals surface area contributed by atoms with Crippen molar-refractivity contribution in [2.75, 3.05) is 0 Å². The van der Waals surface area contributed by atoms with Crippen LogP contribution in [0.15, 0.2) is 24.3 Å². The van der Waals surface area contributed by atoms with Crippen LogP contribution in [0.3, 0.4) is 0 Å². The van der Waals surface area contributed by atoms with Crippen molar-refractivity contribution in [1.82, 2.24) is 0 Å². The summed E-state index contributed by atoms with van der Waals surface area (Å²) in [5.74, 6) is 0.971. The second-order valence-electron chi connectivity index (χ2n) is 5.89. The Hall–Kier alpha value is -0.513. The molecule has 0 saturated carbocycles. The normalized spacial score (nSPS) is 12.7. The van der Waals surface area contributed by atoms with E-state index < -0.39 is 8.32 Å². The Morgan fingerprint density at radius 3 is 2.16 bits per heavy atom. The molecule has 0 heterocycles. The summed E-state index contributed by atoms with van der Waals surface area (Å²) in [6, 6.07) is 8.47. The predicted octanol–water partition coefficient (Wildman–Crippen LogP) is 4.90. The fourth-order valence-corrected chi connectivity index (χ4v) is 2.76. The number of hydrogen-bond donors (Lipinski definition) is 1. The van der Waals surface area contributed by atoms with Crippen LogP contribution in [-0.4, -0.2) is 8.32 Å². The minimum Gasteiger partial charge on any atom is -0.544 e. The molecule has 2 nitrogen and oxygen atoms in total. The minimum absolute atomic E-state index is 0. The predicted molar refractivity (Wildman–Crippen MR) is 88.7 cm³/mol. The van der Waals surface area contributed by atoms with E-state index in [1.165, 1.54) is 24.8 Å². The lowest BCUT2D eigenvalue weighted by molar-refractivity contribution is 0.554. The molecule has 0 saturated heterocycles. The zero-order chi connectivity index (χ0) is 13.6. The first kappa shape index (κ1) is 18.5. The summed E-state index contributed by atoms with van der Waals surface area (Å²) in [6.07, 6.45) is 4.80. The Morgan fingerprint density at radius 1 is 1.11 bits per heavy atom. The molecule has 0 aliphatic carbocycles. The monoisotopic (exact) mass is 301 g/mol. The van der Waals surface area contributed by atoms with Crippen LogP contribution >= 0.6 is 12.4 Å². The van der Waals surface area contributed by atoms with Gasteiger partial charge in [-0.15, -0.1) is 12.4 Å². The Kier molecular flexibility index (Phi) is 8.38. The molecule has 19 heavy (non-hydrogen) atoms. The van der Waals surface area contributed by atoms with Crippen molar-refractivity contribution in [3.8, 4) is 5.75 Å². The maximum absolute atomic E-state index is 6.18. The number of benzene rings is 1. The maximum atomic E-state index is 6.18. The van der Waals surface area contributed by atoms with E-state index in [0.29, 0.717) is 0 Å². The second-order valence-corrected chi connectivity index (χ2v) is 10.3. The zero-order valence-electron chi connectivity index (χ0n) is 12.6. The van der Waals surface area contributed by atoms with Crippen LogP contribution < -0.4 is 10.2 Å². The van der Waals surface area contributed by atoms with E-state index in [4.69, 9.17) is 10.2 Å². The molecule has 0 bridgehead atoms. The van der Waals surface area contributed by atoms with E-state index in [1.54, 1.807) is 0 Å². The van der Waals surface area contributed by atoms with Gasteiger partial charge in [-0.25, -0.2) is 0 Å². The van der Waals surface area contributed by atoms with Gasteiger partial charge in [0.25, 0.3) is 0 Å². The van der Waals surface area contributed by atoms with E-state index in [1.807, 2.05) is 12.1 Å². The Bertz CT molecular complexity index is 348. The van der Waals surface area contributed by atoms with Gasteiger partial charge in [-0.05, 0) is 43.8 Å². The Morgan fingerprint density at radius 2 is 1.68 bits per heavy atom. The van der Waals surface area contributed by atoms with Gasteiger partial charge in [-0.1, -0.05) is 38.3 Å². The van der Waals surface area contributed by atoms with Crippen molar-refractivity contribution < 1.29 is 4.43 Å². The minimum atomic E-state index is -1.50. The highest BCUT2D eigenvalue weighted by atomic mass is 35.5. The van der Waals surface area contributed by atoms with Crippen molar-refractivity contribution in [3.63, 3.8) is 0 Å². The zero-order valence-corrected chi connectivity index (χ0v) is 14.4. The van der Waals surface area contributed by atoms with Gasteiger partial charge in [-0.3, -0.25) is 0 Å². The molecule has 1 atom stereocenters. The summed E-state index contributed by atoms with van der Waals surface area (Å²) in [4.78, 5) is 0. The van der Waals surface area contributed by atoms with E-state index >= 15 is 0 Å². The highest BCUT2D eigenvalue weighted by Crippen LogP contribution is 2.22. The second kappa shape index (κ2) is 8.62. The van der Waals surface area contributed by atoms with Gasteiger partial charge in [0.2, 0.25) is 8.32 Å². The molecule has 0 spiro atoms. The molecular formula is C15H28ClNOSi. The SMILES string of the molecule is CCCCC[C@H](N)c1ccc(O[Si](C)(C)C)cc1.Cl. The highest BCUT2D eigenvalue weighted by molar-refractivity contribution is 6.70. The number of nitrogens with two attached hydrogens (primary N) is 1. The van der Waals surface area contributed by atoms with Crippen LogP contribution in [0.1, 0.15) is 44.2 Å². The molecule has 4 heteroatoms. The van der Waals surface area contributed by atoms with Gasteiger partial charge >= 0.3 is 0 Å². The fourth-order valence-electron chi connectivity index (χ4n) is 1.92. The van der Waals surface area contributed by atoms with Crippen molar-refractivity contribution in [1.29, 1.82) is 0 Å².